The molecule has 0 aliphatic carbocycles. The highest BCUT2D eigenvalue weighted by atomic mass is 32.2. The van der Waals surface area contributed by atoms with Crippen LogP contribution in [0, 0.1) is 0 Å². The summed E-state index contributed by atoms with van der Waals surface area (Å²) in [6, 6.07) is 3.39. The van der Waals surface area contributed by atoms with E-state index in [1.54, 1.807) is 12.1 Å². The minimum Gasteiger partial charge on any atom is -0.466 e. The first-order chi connectivity index (χ1) is 12.6. The Morgan fingerprint density at radius 2 is 1.74 bits per heavy atom. The van der Waals surface area contributed by atoms with Gasteiger partial charge in [-0.1, -0.05) is 0 Å². The van der Waals surface area contributed by atoms with Crippen molar-refractivity contribution >= 4 is 23.5 Å². The molecule has 0 spiro atoms. The van der Waals surface area contributed by atoms with Crippen LogP contribution in [0.2, 0.25) is 0 Å². The minimum atomic E-state index is -4.99. The molecule has 1 aliphatic heterocycles. The molecule has 2 aromatic rings. The van der Waals surface area contributed by atoms with Gasteiger partial charge >= 0.3 is 18.4 Å². The molecule has 1 atom stereocenters. The van der Waals surface area contributed by atoms with Gasteiger partial charge in [0.1, 0.15) is 11.1 Å². The predicted octanol–water partition coefficient (Wildman–Crippen LogP) is 5.60. The number of nitrogens with zero attached hydrogens (tertiary/aromatic N) is 1. The van der Waals surface area contributed by atoms with Crippen molar-refractivity contribution in [3.05, 3.63) is 53.5 Å². The normalized spacial score (nSPS) is 18.0. The fourth-order valence-electron chi connectivity index (χ4n) is 2.57. The molecule has 3 rings (SSSR count). The molecule has 11 heteroatoms. The van der Waals surface area contributed by atoms with E-state index in [0.29, 0.717) is 23.6 Å². The Labute approximate surface area is 153 Å². The van der Waals surface area contributed by atoms with Crippen LogP contribution >= 0.6 is 11.8 Å². The van der Waals surface area contributed by atoms with Crippen LogP contribution in [-0.4, -0.2) is 23.2 Å². The van der Waals surface area contributed by atoms with Crippen LogP contribution in [-0.2, 0) is 12.4 Å². The quantitative estimate of drug-likeness (QED) is 0.656. The van der Waals surface area contributed by atoms with Crippen molar-refractivity contribution in [3.63, 3.8) is 0 Å². The van der Waals surface area contributed by atoms with E-state index < -0.39 is 40.6 Å². The second kappa shape index (κ2) is 7.02. The summed E-state index contributed by atoms with van der Waals surface area (Å²) in [5.74, 6) is 1.02. The average molecular weight is 410 g/mol. The molecule has 1 aromatic carbocycles. The number of benzene rings is 1. The standard InChI is InChI=1S/C16H12F6N2O2S/c17-15(18,19)9-6-10(16(20,21)22)8-11(7-9)23-14(25)24-3-5-27-13(24)12-2-1-4-26-12/h1-2,4,6-8,13H,3,5H2,(H,23,25)/t13-/m0/s1. The van der Waals surface area contributed by atoms with E-state index in [-0.39, 0.29) is 12.6 Å². The van der Waals surface area contributed by atoms with Gasteiger partial charge in [0.25, 0.3) is 0 Å². The van der Waals surface area contributed by atoms with E-state index in [0.717, 1.165) is 0 Å². The number of hydrogen-bond acceptors (Lipinski definition) is 3. The first kappa shape index (κ1) is 19.5. The molecule has 1 aliphatic rings. The van der Waals surface area contributed by atoms with Crippen LogP contribution in [0.3, 0.4) is 0 Å². The molecule has 1 aromatic heterocycles. The van der Waals surface area contributed by atoms with Gasteiger partial charge in [-0.25, -0.2) is 4.79 Å². The van der Waals surface area contributed by atoms with Gasteiger partial charge in [0.05, 0.1) is 17.4 Å². The topological polar surface area (TPSA) is 45.5 Å². The maximum atomic E-state index is 12.9. The van der Waals surface area contributed by atoms with Crippen molar-refractivity contribution in [1.82, 2.24) is 4.90 Å². The zero-order valence-corrected chi connectivity index (χ0v) is 14.2. The number of halogens is 6. The van der Waals surface area contributed by atoms with Gasteiger partial charge < -0.3 is 14.6 Å². The number of nitrogens with one attached hydrogen (secondary N) is 1. The number of anilines is 1. The van der Waals surface area contributed by atoms with Crippen molar-refractivity contribution < 1.29 is 35.6 Å². The lowest BCUT2D eigenvalue weighted by Crippen LogP contribution is -2.34. The number of hydrogen-bond donors (Lipinski definition) is 1. The molecule has 1 saturated heterocycles. The van der Waals surface area contributed by atoms with E-state index in [4.69, 9.17) is 4.42 Å². The van der Waals surface area contributed by atoms with Gasteiger partial charge in [0.15, 0.2) is 0 Å². The summed E-state index contributed by atoms with van der Waals surface area (Å²) in [4.78, 5) is 13.7. The van der Waals surface area contributed by atoms with Crippen LogP contribution in [0.5, 0.6) is 0 Å². The molecule has 0 radical (unpaired) electrons. The van der Waals surface area contributed by atoms with Crippen molar-refractivity contribution in [2.45, 2.75) is 17.7 Å². The Kier molecular flexibility index (Phi) is 5.06. The monoisotopic (exact) mass is 410 g/mol. The zero-order valence-electron chi connectivity index (χ0n) is 13.4. The summed E-state index contributed by atoms with van der Waals surface area (Å²) in [5.41, 5.74) is -3.57. The summed E-state index contributed by atoms with van der Waals surface area (Å²) >= 11 is 1.37. The molecule has 1 fully saturated rings. The number of carbonyl (C=O) groups excluding carboxylic acids is 1. The fourth-order valence-corrected chi connectivity index (χ4v) is 3.77. The minimum absolute atomic E-state index is 0.00696. The molecule has 2 heterocycles. The number of furan rings is 1. The SMILES string of the molecule is O=C(Nc1cc(C(F)(F)F)cc(C(F)(F)F)c1)N1CCS[C@H]1c1ccco1. The zero-order chi connectivity index (χ0) is 19.8. The Balaban J connectivity index is 1.87. The van der Waals surface area contributed by atoms with Gasteiger partial charge in [-0.2, -0.15) is 26.3 Å². The maximum absolute atomic E-state index is 12.9. The average Bonchev–Trinajstić information content (AvgIpc) is 3.24. The van der Waals surface area contributed by atoms with Crippen LogP contribution in [0.15, 0.2) is 41.0 Å². The third-order valence-electron chi connectivity index (χ3n) is 3.78. The van der Waals surface area contributed by atoms with Crippen LogP contribution in [0.4, 0.5) is 36.8 Å². The molecule has 4 nitrogen and oxygen atoms in total. The maximum Gasteiger partial charge on any atom is 0.416 e. The van der Waals surface area contributed by atoms with Crippen LogP contribution in [0.1, 0.15) is 22.3 Å². The van der Waals surface area contributed by atoms with E-state index >= 15 is 0 Å². The number of urea groups is 1. The third-order valence-corrected chi connectivity index (χ3v) is 5.00. The van der Waals surface area contributed by atoms with E-state index in [1.165, 1.54) is 22.9 Å². The predicted molar refractivity (Wildman–Crippen MR) is 86.1 cm³/mol. The molecule has 0 saturated carbocycles. The van der Waals surface area contributed by atoms with Crippen molar-refractivity contribution in [2.75, 3.05) is 17.6 Å². The highest BCUT2D eigenvalue weighted by molar-refractivity contribution is 7.99. The van der Waals surface area contributed by atoms with Crippen LogP contribution in [0.25, 0.3) is 0 Å². The third kappa shape index (κ3) is 4.34. The molecule has 0 bridgehead atoms. The Hall–Kier alpha value is -2.30. The summed E-state index contributed by atoms with van der Waals surface area (Å²) in [6.45, 7) is 0.271. The Morgan fingerprint density at radius 1 is 1.11 bits per heavy atom. The highest BCUT2D eigenvalue weighted by Gasteiger charge is 2.38. The summed E-state index contributed by atoms with van der Waals surface area (Å²) < 4.78 is 82.7. The number of amides is 2. The Morgan fingerprint density at radius 3 is 2.26 bits per heavy atom. The lowest BCUT2D eigenvalue weighted by Gasteiger charge is -2.23. The van der Waals surface area contributed by atoms with E-state index in [1.807, 2.05) is 0 Å². The molecular weight excluding hydrogens is 398 g/mol. The van der Waals surface area contributed by atoms with Gasteiger partial charge in [-0.3, -0.25) is 0 Å². The summed E-state index contributed by atoms with van der Waals surface area (Å²) in [6.07, 6.45) is -8.56. The van der Waals surface area contributed by atoms with Crippen molar-refractivity contribution in [2.24, 2.45) is 0 Å². The summed E-state index contributed by atoms with van der Waals surface area (Å²) in [7, 11) is 0. The lowest BCUT2D eigenvalue weighted by molar-refractivity contribution is -0.143. The second-order valence-corrected chi connectivity index (χ2v) is 6.84. The molecule has 146 valence electrons. The second-order valence-electron chi connectivity index (χ2n) is 5.66. The molecule has 2 amide bonds. The van der Waals surface area contributed by atoms with Gasteiger partial charge in [-0.05, 0) is 30.3 Å². The Bertz CT molecular complexity index is 787. The molecule has 1 N–H and O–H groups in total. The first-order valence-corrected chi connectivity index (χ1v) is 8.63. The highest BCUT2D eigenvalue weighted by Crippen LogP contribution is 2.40. The van der Waals surface area contributed by atoms with E-state index in [9.17, 15) is 31.1 Å². The smallest absolute Gasteiger partial charge is 0.416 e. The summed E-state index contributed by atoms with van der Waals surface area (Å²) in [5, 5.41) is 1.63. The number of carbonyl (C=O) groups is 1. The number of thioether (sulfide) groups is 1. The molecular formula is C16H12F6N2O2S. The first-order valence-electron chi connectivity index (χ1n) is 7.58. The van der Waals surface area contributed by atoms with Gasteiger partial charge in [0.2, 0.25) is 0 Å². The van der Waals surface area contributed by atoms with Crippen molar-refractivity contribution in [1.29, 1.82) is 0 Å². The molecule has 27 heavy (non-hydrogen) atoms. The van der Waals surface area contributed by atoms with Crippen LogP contribution < -0.4 is 5.32 Å². The van der Waals surface area contributed by atoms with E-state index in [2.05, 4.69) is 5.32 Å². The van der Waals surface area contributed by atoms with Crippen molar-refractivity contribution in [3.8, 4) is 0 Å². The lowest BCUT2D eigenvalue weighted by atomic mass is 10.1. The number of alkyl halides is 6. The van der Waals surface area contributed by atoms with Gasteiger partial charge in [0, 0.05) is 18.0 Å². The number of rotatable bonds is 2. The largest absolute Gasteiger partial charge is 0.466 e. The molecule has 0 unspecified atom stereocenters. The fraction of sp³-hybridized carbons (Fsp3) is 0.312. The van der Waals surface area contributed by atoms with Gasteiger partial charge in [-0.15, -0.1) is 11.8 Å².